The molecule has 1 aromatic heterocycles. The van der Waals surface area contributed by atoms with Gasteiger partial charge in [-0.15, -0.1) is 0 Å². The number of nitrogens with zero attached hydrogens (tertiary/aromatic N) is 1. The van der Waals surface area contributed by atoms with E-state index in [1.807, 2.05) is 17.0 Å². The van der Waals surface area contributed by atoms with E-state index in [4.69, 9.17) is 26.4 Å². The fourth-order valence-electron chi connectivity index (χ4n) is 3.00. The van der Waals surface area contributed by atoms with Crippen molar-refractivity contribution in [2.75, 3.05) is 40.2 Å². The summed E-state index contributed by atoms with van der Waals surface area (Å²) in [5.41, 5.74) is 1.10. The Labute approximate surface area is 168 Å². The van der Waals surface area contributed by atoms with Crippen LogP contribution in [-0.2, 0) is 11.3 Å². The minimum atomic E-state index is -0.178. The average molecular weight is 407 g/mol. The predicted octanol–water partition coefficient (Wildman–Crippen LogP) is 1.35. The largest absolute Gasteiger partial charge is 0.454 e. The predicted molar refractivity (Wildman–Crippen MR) is 110 cm³/mol. The molecule has 0 radical (unpaired) electrons. The van der Waals surface area contributed by atoms with Crippen molar-refractivity contribution in [2.45, 2.75) is 19.4 Å². The molecule has 2 heterocycles. The number of fused-ring (bicyclic) bond motifs is 2. The number of aliphatic hydroxyl groups excluding tert-OH is 1. The summed E-state index contributed by atoms with van der Waals surface area (Å²) >= 11 is 5.49. The lowest BCUT2D eigenvalue weighted by atomic mass is 10.1. The molecule has 0 amide bonds. The molecule has 0 bridgehead atoms. The fourth-order valence-corrected chi connectivity index (χ4v) is 3.26. The van der Waals surface area contributed by atoms with Gasteiger partial charge in [-0.05, 0) is 37.2 Å². The molecule has 3 rings (SSSR count). The van der Waals surface area contributed by atoms with Crippen molar-refractivity contribution >= 4 is 28.2 Å². The molecule has 0 spiro atoms. The van der Waals surface area contributed by atoms with Gasteiger partial charge in [0, 0.05) is 50.4 Å². The molecule has 0 saturated heterocycles. The molecule has 1 aliphatic heterocycles. The molecule has 9 heteroatoms. The van der Waals surface area contributed by atoms with E-state index in [0.717, 1.165) is 11.8 Å². The minimum absolute atomic E-state index is 0.0559. The first kappa shape index (κ1) is 20.4. The number of hydrogen-bond acceptors (Lipinski definition) is 6. The molecule has 0 fully saturated rings. The van der Waals surface area contributed by atoms with Gasteiger partial charge in [0.2, 0.25) is 6.79 Å². The number of pyridine rings is 1. The number of H-pyrrole nitrogens is 1. The number of ether oxygens (including phenoxy) is 3. The van der Waals surface area contributed by atoms with E-state index in [0.29, 0.717) is 60.4 Å². The smallest absolute Gasteiger partial charge is 0.253 e. The van der Waals surface area contributed by atoms with Crippen molar-refractivity contribution in [1.29, 1.82) is 0 Å². The third-order valence-corrected chi connectivity index (χ3v) is 4.85. The Morgan fingerprint density at radius 3 is 2.86 bits per heavy atom. The van der Waals surface area contributed by atoms with E-state index in [-0.39, 0.29) is 19.0 Å². The Morgan fingerprint density at radius 2 is 2.11 bits per heavy atom. The van der Waals surface area contributed by atoms with Crippen LogP contribution in [0.2, 0.25) is 0 Å². The van der Waals surface area contributed by atoms with Gasteiger partial charge in [-0.2, -0.15) is 0 Å². The zero-order valence-corrected chi connectivity index (χ0v) is 16.6. The van der Waals surface area contributed by atoms with Gasteiger partial charge in [-0.25, -0.2) is 0 Å². The van der Waals surface area contributed by atoms with Gasteiger partial charge in [-0.1, -0.05) is 0 Å². The van der Waals surface area contributed by atoms with Gasteiger partial charge in [0.1, 0.15) is 0 Å². The van der Waals surface area contributed by atoms with Gasteiger partial charge < -0.3 is 34.5 Å². The molecule has 0 aliphatic carbocycles. The summed E-state index contributed by atoms with van der Waals surface area (Å²) in [6.07, 6.45) is 1.39. The molecule has 3 N–H and O–H groups in total. The maximum Gasteiger partial charge on any atom is 0.253 e. The fraction of sp³-hybridized carbons (Fsp3) is 0.474. The van der Waals surface area contributed by atoms with Crippen LogP contribution in [0.15, 0.2) is 23.0 Å². The standard InChI is InChI=1S/C19H25N3O5S/c1-25-7-2-4-20-19(28)22(5-3-6-23)11-14-8-13-9-16-17(27-12-26-16)10-15(13)21-18(14)24/h8-10,23H,2-7,11-12H2,1H3,(H,20,28)(H,21,24). The first-order valence-electron chi connectivity index (χ1n) is 9.20. The van der Waals surface area contributed by atoms with Gasteiger partial charge in [-0.3, -0.25) is 4.79 Å². The molecule has 1 aliphatic rings. The van der Waals surface area contributed by atoms with Crippen molar-refractivity contribution < 1.29 is 19.3 Å². The third kappa shape index (κ3) is 4.92. The lowest BCUT2D eigenvalue weighted by Crippen LogP contribution is -2.41. The Morgan fingerprint density at radius 1 is 1.32 bits per heavy atom. The van der Waals surface area contributed by atoms with Crippen LogP contribution in [0, 0.1) is 0 Å². The molecule has 1 aromatic carbocycles. The van der Waals surface area contributed by atoms with E-state index in [2.05, 4.69) is 10.3 Å². The second-order valence-electron chi connectivity index (χ2n) is 6.49. The normalized spacial score (nSPS) is 12.4. The number of aromatic nitrogens is 1. The quantitative estimate of drug-likeness (QED) is 0.424. The van der Waals surface area contributed by atoms with Crippen molar-refractivity contribution in [2.24, 2.45) is 0 Å². The van der Waals surface area contributed by atoms with E-state index in [9.17, 15) is 9.90 Å². The highest BCUT2D eigenvalue weighted by molar-refractivity contribution is 7.80. The van der Waals surface area contributed by atoms with Crippen LogP contribution in [0.4, 0.5) is 0 Å². The minimum Gasteiger partial charge on any atom is -0.454 e. The molecule has 0 atom stereocenters. The average Bonchev–Trinajstić information content (AvgIpc) is 3.14. The van der Waals surface area contributed by atoms with Gasteiger partial charge >= 0.3 is 0 Å². The first-order chi connectivity index (χ1) is 13.6. The highest BCUT2D eigenvalue weighted by Crippen LogP contribution is 2.35. The molecule has 28 heavy (non-hydrogen) atoms. The van der Waals surface area contributed by atoms with Crippen LogP contribution in [0.3, 0.4) is 0 Å². The van der Waals surface area contributed by atoms with Crippen molar-refractivity contribution in [3.63, 3.8) is 0 Å². The Balaban J connectivity index is 1.78. The van der Waals surface area contributed by atoms with E-state index in [1.165, 1.54) is 0 Å². The second kappa shape index (κ2) is 9.72. The molecule has 2 aromatic rings. The number of rotatable bonds is 9. The van der Waals surface area contributed by atoms with Crippen molar-refractivity contribution in [3.8, 4) is 11.5 Å². The number of benzene rings is 1. The first-order valence-corrected chi connectivity index (χ1v) is 9.61. The van der Waals surface area contributed by atoms with E-state index >= 15 is 0 Å². The highest BCUT2D eigenvalue weighted by atomic mass is 32.1. The molecule has 152 valence electrons. The summed E-state index contributed by atoms with van der Waals surface area (Å²) in [5.74, 6) is 1.29. The number of hydrogen-bond donors (Lipinski definition) is 3. The van der Waals surface area contributed by atoms with Crippen LogP contribution in [0.25, 0.3) is 10.9 Å². The highest BCUT2D eigenvalue weighted by Gasteiger charge is 2.17. The number of methoxy groups -OCH3 is 1. The summed E-state index contributed by atoms with van der Waals surface area (Å²) in [7, 11) is 1.66. The monoisotopic (exact) mass is 407 g/mol. The van der Waals surface area contributed by atoms with Crippen LogP contribution in [0.5, 0.6) is 11.5 Å². The Kier molecular flexibility index (Phi) is 7.07. The molecular formula is C19H25N3O5S. The van der Waals surface area contributed by atoms with Gasteiger partial charge in [0.15, 0.2) is 16.6 Å². The number of aliphatic hydroxyl groups is 1. The maximum absolute atomic E-state index is 12.6. The van der Waals surface area contributed by atoms with Gasteiger partial charge in [0.05, 0.1) is 12.1 Å². The van der Waals surface area contributed by atoms with E-state index < -0.39 is 0 Å². The molecular weight excluding hydrogens is 382 g/mol. The van der Waals surface area contributed by atoms with Crippen LogP contribution < -0.4 is 20.3 Å². The summed E-state index contributed by atoms with van der Waals surface area (Å²) in [6, 6.07) is 5.47. The molecule has 0 unspecified atom stereocenters. The SMILES string of the molecule is COCCCNC(=S)N(CCCO)Cc1cc2cc3c(cc2[nH]c1=O)OCO3. The summed E-state index contributed by atoms with van der Waals surface area (Å²) in [4.78, 5) is 17.4. The summed E-state index contributed by atoms with van der Waals surface area (Å²) in [5, 5.41) is 13.8. The molecule has 0 saturated carbocycles. The Bertz CT molecular complexity index is 886. The molecule has 8 nitrogen and oxygen atoms in total. The maximum atomic E-state index is 12.6. The van der Waals surface area contributed by atoms with Crippen LogP contribution in [0.1, 0.15) is 18.4 Å². The topological polar surface area (TPSA) is 96.1 Å². The zero-order chi connectivity index (χ0) is 19.9. The summed E-state index contributed by atoms with van der Waals surface area (Å²) in [6.45, 7) is 2.45. The number of thiocarbonyl (C=S) groups is 1. The third-order valence-electron chi connectivity index (χ3n) is 4.45. The number of nitrogens with one attached hydrogen (secondary N) is 2. The van der Waals surface area contributed by atoms with Crippen molar-refractivity contribution in [1.82, 2.24) is 15.2 Å². The zero-order valence-electron chi connectivity index (χ0n) is 15.8. The number of aromatic amines is 1. The van der Waals surface area contributed by atoms with Crippen molar-refractivity contribution in [3.05, 3.63) is 34.1 Å². The lowest BCUT2D eigenvalue weighted by molar-refractivity contribution is 0.174. The Hall–Kier alpha value is -2.36. The second-order valence-corrected chi connectivity index (χ2v) is 6.88. The van der Waals surface area contributed by atoms with Gasteiger partial charge in [0.25, 0.3) is 5.56 Å². The summed E-state index contributed by atoms with van der Waals surface area (Å²) < 4.78 is 15.8. The van der Waals surface area contributed by atoms with Crippen LogP contribution in [-0.4, -0.2) is 60.3 Å². The van der Waals surface area contributed by atoms with E-state index in [1.54, 1.807) is 13.2 Å². The van der Waals surface area contributed by atoms with Crippen LogP contribution >= 0.6 is 12.2 Å². The lowest BCUT2D eigenvalue weighted by Gasteiger charge is -2.25.